The van der Waals surface area contributed by atoms with Gasteiger partial charge in [-0.1, -0.05) is 12.1 Å². The van der Waals surface area contributed by atoms with Gasteiger partial charge in [-0.05, 0) is 48.6 Å². The molecule has 0 aliphatic carbocycles. The fourth-order valence-electron chi connectivity index (χ4n) is 1.87. The molecule has 1 amide bonds. The van der Waals surface area contributed by atoms with E-state index in [2.05, 4.69) is 5.32 Å². The number of benzene rings is 1. The van der Waals surface area contributed by atoms with Crippen molar-refractivity contribution in [3.63, 3.8) is 0 Å². The summed E-state index contributed by atoms with van der Waals surface area (Å²) in [6.07, 6.45) is -0.584. The Morgan fingerprint density at radius 1 is 1.43 bits per heavy atom. The van der Waals surface area contributed by atoms with Crippen LogP contribution in [0.15, 0.2) is 35.7 Å². The molecule has 0 aliphatic rings. The van der Waals surface area contributed by atoms with Crippen LogP contribution in [0.4, 0.5) is 0 Å². The van der Waals surface area contributed by atoms with Crippen molar-refractivity contribution in [2.24, 2.45) is 0 Å². The van der Waals surface area contributed by atoms with Gasteiger partial charge >= 0.3 is 0 Å². The standard InChI is InChI=1S/C16H19NO3S/c1-11-6-7-21-15(11)9-17-16(19)12(2)20-14-5-3-4-13(8-14)10-18/h3-8,12,18H,9-10H2,1-2H3,(H,17,19). The summed E-state index contributed by atoms with van der Waals surface area (Å²) in [7, 11) is 0. The Morgan fingerprint density at radius 3 is 2.90 bits per heavy atom. The number of hydrogen-bond donors (Lipinski definition) is 2. The lowest BCUT2D eigenvalue weighted by atomic mass is 10.2. The van der Waals surface area contributed by atoms with Crippen molar-refractivity contribution in [3.05, 3.63) is 51.7 Å². The van der Waals surface area contributed by atoms with Gasteiger partial charge in [0.05, 0.1) is 13.2 Å². The van der Waals surface area contributed by atoms with E-state index in [0.717, 1.165) is 10.4 Å². The van der Waals surface area contributed by atoms with Crippen LogP contribution in [0, 0.1) is 6.92 Å². The molecule has 1 aromatic heterocycles. The summed E-state index contributed by atoms with van der Waals surface area (Å²) in [5.74, 6) is 0.425. The summed E-state index contributed by atoms with van der Waals surface area (Å²) in [6, 6.07) is 9.13. The van der Waals surface area contributed by atoms with Crippen LogP contribution in [0.1, 0.15) is 22.9 Å². The van der Waals surface area contributed by atoms with Gasteiger partial charge in [0.1, 0.15) is 5.75 Å². The molecule has 1 aromatic carbocycles. The third-order valence-electron chi connectivity index (χ3n) is 3.15. The Hall–Kier alpha value is -1.85. The first-order chi connectivity index (χ1) is 10.1. The number of aliphatic hydroxyl groups excluding tert-OH is 1. The number of ether oxygens (including phenoxy) is 1. The highest BCUT2D eigenvalue weighted by Gasteiger charge is 2.15. The fourth-order valence-corrected chi connectivity index (χ4v) is 2.72. The maximum Gasteiger partial charge on any atom is 0.261 e. The second-order valence-corrected chi connectivity index (χ2v) is 5.81. The third-order valence-corrected chi connectivity index (χ3v) is 4.18. The predicted molar refractivity (Wildman–Crippen MR) is 83.4 cm³/mol. The second kappa shape index (κ2) is 7.24. The topological polar surface area (TPSA) is 58.6 Å². The molecule has 0 bridgehead atoms. The summed E-state index contributed by atoms with van der Waals surface area (Å²) in [6.45, 7) is 4.21. The smallest absolute Gasteiger partial charge is 0.261 e. The molecule has 0 radical (unpaired) electrons. The summed E-state index contributed by atoms with van der Waals surface area (Å²) in [5.41, 5.74) is 1.94. The molecule has 1 atom stereocenters. The van der Waals surface area contributed by atoms with Gasteiger partial charge in [0, 0.05) is 4.88 Å². The Balaban J connectivity index is 1.88. The first kappa shape index (κ1) is 15.5. The van der Waals surface area contributed by atoms with E-state index < -0.39 is 6.10 Å². The monoisotopic (exact) mass is 305 g/mol. The number of nitrogens with one attached hydrogen (secondary N) is 1. The molecular formula is C16H19NO3S. The minimum atomic E-state index is -0.584. The number of rotatable bonds is 6. The molecule has 2 rings (SSSR count). The zero-order valence-corrected chi connectivity index (χ0v) is 12.9. The maximum atomic E-state index is 12.0. The van der Waals surface area contributed by atoms with Crippen LogP contribution in [0.5, 0.6) is 5.75 Å². The average Bonchev–Trinajstić information content (AvgIpc) is 2.90. The van der Waals surface area contributed by atoms with E-state index in [1.54, 1.807) is 42.5 Å². The van der Waals surface area contributed by atoms with Gasteiger partial charge in [0.15, 0.2) is 6.10 Å². The number of carbonyl (C=O) groups is 1. The molecule has 0 saturated heterocycles. The molecule has 1 heterocycles. The summed E-state index contributed by atoms with van der Waals surface area (Å²) in [5, 5.41) is 14.0. The van der Waals surface area contributed by atoms with Gasteiger partial charge in [0.25, 0.3) is 5.91 Å². The normalized spacial score (nSPS) is 12.0. The van der Waals surface area contributed by atoms with E-state index >= 15 is 0 Å². The zero-order valence-electron chi connectivity index (χ0n) is 12.1. The van der Waals surface area contributed by atoms with E-state index in [4.69, 9.17) is 9.84 Å². The number of amides is 1. The van der Waals surface area contributed by atoms with Crippen molar-refractivity contribution in [1.29, 1.82) is 0 Å². The first-order valence-corrected chi connectivity index (χ1v) is 7.65. The fraction of sp³-hybridized carbons (Fsp3) is 0.312. The van der Waals surface area contributed by atoms with Gasteiger partial charge in [0.2, 0.25) is 0 Å². The maximum absolute atomic E-state index is 12.0. The molecule has 1 unspecified atom stereocenters. The van der Waals surface area contributed by atoms with Crippen LogP contribution in [-0.4, -0.2) is 17.1 Å². The third kappa shape index (κ3) is 4.31. The SMILES string of the molecule is Cc1ccsc1CNC(=O)C(C)Oc1cccc(CO)c1. The van der Waals surface area contributed by atoms with Gasteiger partial charge in [-0.15, -0.1) is 11.3 Å². The number of thiophene rings is 1. The van der Waals surface area contributed by atoms with E-state index in [9.17, 15) is 4.79 Å². The summed E-state index contributed by atoms with van der Waals surface area (Å²) < 4.78 is 5.60. The van der Waals surface area contributed by atoms with Gasteiger partial charge in [-0.25, -0.2) is 0 Å². The predicted octanol–water partition coefficient (Wildman–Crippen LogP) is 2.63. The number of aryl methyl sites for hydroxylation is 1. The first-order valence-electron chi connectivity index (χ1n) is 6.77. The molecule has 0 aliphatic heterocycles. The van der Waals surface area contributed by atoms with E-state index in [1.165, 1.54) is 5.56 Å². The number of carbonyl (C=O) groups excluding carboxylic acids is 1. The molecule has 2 N–H and O–H groups in total. The summed E-state index contributed by atoms with van der Waals surface area (Å²) in [4.78, 5) is 13.2. The highest BCUT2D eigenvalue weighted by atomic mass is 32.1. The van der Waals surface area contributed by atoms with E-state index in [0.29, 0.717) is 12.3 Å². The average molecular weight is 305 g/mol. The van der Waals surface area contributed by atoms with Crippen LogP contribution in [-0.2, 0) is 17.9 Å². The Labute approximate surface area is 128 Å². The van der Waals surface area contributed by atoms with Crippen molar-refractivity contribution in [3.8, 4) is 5.75 Å². The van der Waals surface area contributed by atoms with Crippen LogP contribution in [0.3, 0.4) is 0 Å². The van der Waals surface area contributed by atoms with Crippen molar-refractivity contribution < 1.29 is 14.6 Å². The molecule has 4 nitrogen and oxygen atoms in total. The van der Waals surface area contributed by atoms with Crippen LogP contribution in [0.25, 0.3) is 0 Å². The van der Waals surface area contributed by atoms with Crippen LogP contribution < -0.4 is 10.1 Å². The molecule has 0 saturated carbocycles. The van der Waals surface area contributed by atoms with Crippen molar-refractivity contribution in [2.75, 3.05) is 0 Å². The molecule has 21 heavy (non-hydrogen) atoms. The number of aliphatic hydroxyl groups is 1. The lowest BCUT2D eigenvalue weighted by Crippen LogP contribution is -2.35. The molecule has 112 valence electrons. The van der Waals surface area contributed by atoms with Crippen molar-refractivity contribution in [2.45, 2.75) is 33.1 Å². The Morgan fingerprint density at radius 2 is 2.24 bits per heavy atom. The van der Waals surface area contributed by atoms with Crippen molar-refractivity contribution >= 4 is 17.2 Å². The molecule has 5 heteroatoms. The van der Waals surface area contributed by atoms with Gasteiger partial charge in [-0.3, -0.25) is 4.79 Å². The lowest BCUT2D eigenvalue weighted by Gasteiger charge is -2.15. The number of hydrogen-bond acceptors (Lipinski definition) is 4. The van der Waals surface area contributed by atoms with Crippen LogP contribution in [0.2, 0.25) is 0 Å². The summed E-state index contributed by atoms with van der Waals surface area (Å²) >= 11 is 1.63. The highest BCUT2D eigenvalue weighted by Crippen LogP contribution is 2.16. The second-order valence-electron chi connectivity index (χ2n) is 4.81. The minimum Gasteiger partial charge on any atom is -0.481 e. The molecule has 0 spiro atoms. The van der Waals surface area contributed by atoms with E-state index in [-0.39, 0.29) is 12.5 Å². The molecular weight excluding hydrogens is 286 g/mol. The molecule has 0 fully saturated rings. The largest absolute Gasteiger partial charge is 0.481 e. The zero-order chi connectivity index (χ0) is 15.2. The van der Waals surface area contributed by atoms with E-state index in [1.807, 2.05) is 18.4 Å². The van der Waals surface area contributed by atoms with Crippen LogP contribution >= 0.6 is 11.3 Å². The van der Waals surface area contributed by atoms with Crippen molar-refractivity contribution in [1.82, 2.24) is 5.32 Å². The van der Waals surface area contributed by atoms with Gasteiger partial charge in [-0.2, -0.15) is 0 Å². The Kier molecular flexibility index (Phi) is 5.36. The highest BCUT2D eigenvalue weighted by molar-refractivity contribution is 7.10. The Bertz CT molecular complexity index is 609. The van der Waals surface area contributed by atoms with Gasteiger partial charge < -0.3 is 15.2 Å². The lowest BCUT2D eigenvalue weighted by molar-refractivity contribution is -0.127. The quantitative estimate of drug-likeness (QED) is 0.862. The molecule has 2 aromatic rings. The minimum absolute atomic E-state index is 0.0462.